The van der Waals surface area contributed by atoms with Gasteiger partial charge in [0.1, 0.15) is 0 Å². The quantitative estimate of drug-likeness (QED) is 0.837. The van der Waals surface area contributed by atoms with Crippen molar-refractivity contribution < 1.29 is 9.90 Å². The van der Waals surface area contributed by atoms with E-state index in [2.05, 4.69) is 26.0 Å². The van der Waals surface area contributed by atoms with E-state index in [1.54, 1.807) is 12.1 Å². The van der Waals surface area contributed by atoms with Gasteiger partial charge in [-0.2, -0.15) is 0 Å². The standard InChI is InChI=1S/C17H17ClO2/c1-3-11(2)12-4-6-13(7-5-12)15-10-14(17(19)20)8-9-16(15)18/h4-11H,3H2,1-2H3,(H,19,20). The maximum absolute atomic E-state index is 11.0. The zero-order valence-electron chi connectivity index (χ0n) is 11.6. The largest absolute Gasteiger partial charge is 0.478 e. The van der Waals surface area contributed by atoms with Gasteiger partial charge in [-0.25, -0.2) is 4.79 Å². The summed E-state index contributed by atoms with van der Waals surface area (Å²) in [7, 11) is 0. The molecule has 0 aliphatic heterocycles. The highest BCUT2D eigenvalue weighted by Gasteiger charge is 2.10. The van der Waals surface area contributed by atoms with Crippen molar-refractivity contribution in [2.75, 3.05) is 0 Å². The predicted octanol–water partition coefficient (Wildman–Crippen LogP) is 5.22. The van der Waals surface area contributed by atoms with E-state index >= 15 is 0 Å². The van der Waals surface area contributed by atoms with Crippen molar-refractivity contribution in [1.82, 2.24) is 0 Å². The Labute approximate surface area is 124 Å². The fraction of sp³-hybridized carbons (Fsp3) is 0.235. The van der Waals surface area contributed by atoms with Crippen LogP contribution in [0.15, 0.2) is 42.5 Å². The zero-order valence-corrected chi connectivity index (χ0v) is 12.3. The average molecular weight is 289 g/mol. The van der Waals surface area contributed by atoms with Gasteiger partial charge in [0.15, 0.2) is 0 Å². The smallest absolute Gasteiger partial charge is 0.335 e. The van der Waals surface area contributed by atoms with Crippen LogP contribution in [0.5, 0.6) is 0 Å². The molecule has 1 unspecified atom stereocenters. The summed E-state index contributed by atoms with van der Waals surface area (Å²) in [6.07, 6.45) is 1.09. The van der Waals surface area contributed by atoms with Crippen LogP contribution in [0.2, 0.25) is 5.02 Å². The van der Waals surface area contributed by atoms with E-state index in [-0.39, 0.29) is 5.56 Å². The number of carbonyl (C=O) groups is 1. The third kappa shape index (κ3) is 3.02. The van der Waals surface area contributed by atoms with Gasteiger partial charge in [-0.15, -0.1) is 0 Å². The van der Waals surface area contributed by atoms with Crippen LogP contribution in [0.4, 0.5) is 0 Å². The maximum Gasteiger partial charge on any atom is 0.335 e. The first kappa shape index (κ1) is 14.6. The number of halogens is 1. The Morgan fingerprint density at radius 3 is 2.40 bits per heavy atom. The van der Waals surface area contributed by atoms with Crippen molar-refractivity contribution in [3.05, 3.63) is 58.6 Å². The minimum absolute atomic E-state index is 0.246. The molecule has 0 aliphatic rings. The summed E-state index contributed by atoms with van der Waals surface area (Å²) in [6.45, 7) is 4.35. The number of hydrogen-bond donors (Lipinski definition) is 1. The van der Waals surface area contributed by atoms with E-state index in [0.717, 1.165) is 17.5 Å². The SMILES string of the molecule is CCC(C)c1ccc(-c2cc(C(=O)O)ccc2Cl)cc1. The third-order valence-electron chi connectivity index (χ3n) is 3.62. The molecule has 0 radical (unpaired) electrons. The van der Waals surface area contributed by atoms with Gasteiger partial charge in [0.05, 0.1) is 5.56 Å². The summed E-state index contributed by atoms with van der Waals surface area (Å²) in [6, 6.07) is 12.9. The summed E-state index contributed by atoms with van der Waals surface area (Å²) < 4.78 is 0. The number of rotatable bonds is 4. The Kier molecular flexibility index (Phi) is 4.46. The molecule has 0 spiro atoms. The van der Waals surface area contributed by atoms with Gasteiger partial charge in [0.25, 0.3) is 0 Å². The monoisotopic (exact) mass is 288 g/mol. The van der Waals surface area contributed by atoms with Crippen molar-refractivity contribution >= 4 is 17.6 Å². The number of carboxylic acid groups (broad SMARTS) is 1. The highest BCUT2D eigenvalue weighted by atomic mass is 35.5. The maximum atomic E-state index is 11.0. The molecule has 0 aromatic heterocycles. The molecule has 0 saturated heterocycles. The summed E-state index contributed by atoms with van der Waals surface area (Å²) in [5.74, 6) is -0.427. The van der Waals surface area contributed by atoms with E-state index < -0.39 is 5.97 Å². The first-order valence-electron chi connectivity index (χ1n) is 6.66. The molecule has 1 atom stereocenters. The Bertz CT molecular complexity index is 617. The lowest BCUT2D eigenvalue weighted by molar-refractivity contribution is 0.0697. The molecule has 2 nitrogen and oxygen atoms in total. The molecule has 0 amide bonds. The molecule has 0 saturated carbocycles. The molecule has 104 valence electrons. The van der Waals surface area contributed by atoms with E-state index in [4.69, 9.17) is 16.7 Å². The first-order valence-corrected chi connectivity index (χ1v) is 7.04. The molecule has 2 aromatic carbocycles. The fourth-order valence-corrected chi connectivity index (χ4v) is 2.33. The molecular formula is C17H17ClO2. The van der Waals surface area contributed by atoms with Crippen molar-refractivity contribution in [2.45, 2.75) is 26.2 Å². The van der Waals surface area contributed by atoms with Crippen LogP contribution >= 0.6 is 11.6 Å². The van der Waals surface area contributed by atoms with Gasteiger partial charge < -0.3 is 5.11 Å². The van der Waals surface area contributed by atoms with Gasteiger partial charge in [-0.1, -0.05) is 49.7 Å². The number of hydrogen-bond acceptors (Lipinski definition) is 1. The van der Waals surface area contributed by atoms with E-state index in [0.29, 0.717) is 10.9 Å². The molecule has 1 N–H and O–H groups in total. The van der Waals surface area contributed by atoms with Crippen LogP contribution in [0.25, 0.3) is 11.1 Å². The molecular weight excluding hydrogens is 272 g/mol. The van der Waals surface area contributed by atoms with E-state index in [9.17, 15) is 4.79 Å². The van der Waals surface area contributed by atoms with Crippen LogP contribution in [0, 0.1) is 0 Å². The van der Waals surface area contributed by atoms with Crippen LogP contribution in [-0.2, 0) is 0 Å². The fourth-order valence-electron chi connectivity index (χ4n) is 2.11. The van der Waals surface area contributed by atoms with Crippen LogP contribution in [0.1, 0.15) is 42.1 Å². The van der Waals surface area contributed by atoms with Crippen molar-refractivity contribution in [2.24, 2.45) is 0 Å². The second kappa shape index (κ2) is 6.10. The topological polar surface area (TPSA) is 37.3 Å². The van der Waals surface area contributed by atoms with Gasteiger partial charge in [-0.3, -0.25) is 0 Å². The molecule has 0 bridgehead atoms. The van der Waals surface area contributed by atoms with Crippen LogP contribution in [0.3, 0.4) is 0 Å². The third-order valence-corrected chi connectivity index (χ3v) is 3.95. The number of carboxylic acids is 1. The minimum atomic E-state index is -0.945. The lowest BCUT2D eigenvalue weighted by Crippen LogP contribution is -1.96. The molecule has 0 aliphatic carbocycles. The Hall–Kier alpha value is -1.80. The second-order valence-electron chi connectivity index (χ2n) is 4.93. The van der Waals surface area contributed by atoms with Crippen LogP contribution < -0.4 is 0 Å². The predicted molar refractivity (Wildman–Crippen MR) is 82.6 cm³/mol. The Morgan fingerprint density at radius 2 is 1.85 bits per heavy atom. The van der Waals surface area contributed by atoms with Gasteiger partial charge >= 0.3 is 5.97 Å². The zero-order chi connectivity index (χ0) is 14.7. The average Bonchev–Trinajstić information content (AvgIpc) is 2.47. The van der Waals surface area contributed by atoms with Gasteiger partial charge in [0.2, 0.25) is 0 Å². The number of aromatic carboxylic acids is 1. The molecule has 0 heterocycles. The number of benzene rings is 2. The van der Waals surface area contributed by atoms with Gasteiger partial charge in [0, 0.05) is 10.6 Å². The summed E-state index contributed by atoms with van der Waals surface area (Å²) in [5, 5.41) is 9.61. The van der Waals surface area contributed by atoms with Crippen molar-refractivity contribution in [3.63, 3.8) is 0 Å². The second-order valence-corrected chi connectivity index (χ2v) is 5.34. The molecule has 2 rings (SSSR count). The summed E-state index contributed by atoms with van der Waals surface area (Å²) >= 11 is 6.17. The lowest BCUT2D eigenvalue weighted by atomic mass is 9.95. The lowest BCUT2D eigenvalue weighted by Gasteiger charge is -2.11. The highest BCUT2D eigenvalue weighted by molar-refractivity contribution is 6.33. The Balaban J connectivity index is 2.41. The van der Waals surface area contributed by atoms with E-state index in [1.807, 2.05) is 12.1 Å². The van der Waals surface area contributed by atoms with Gasteiger partial charge in [-0.05, 0) is 41.7 Å². The molecule has 20 heavy (non-hydrogen) atoms. The van der Waals surface area contributed by atoms with Crippen LogP contribution in [-0.4, -0.2) is 11.1 Å². The summed E-state index contributed by atoms with van der Waals surface area (Å²) in [5.41, 5.74) is 3.21. The Morgan fingerprint density at radius 1 is 1.20 bits per heavy atom. The molecule has 2 aromatic rings. The summed E-state index contributed by atoms with van der Waals surface area (Å²) in [4.78, 5) is 11.0. The van der Waals surface area contributed by atoms with Crippen molar-refractivity contribution in [1.29, 1.82) is 0 Å². The first-order chi connectivity index (χ1) is 9.52. The van der Waals surface area contributed by atoms with E-state index in [1.165, 1.54) is 11.6 Å². The normalized spacial score (nSPS) is 12.2. The minimum Gasteiger partial charge on any atom is -0.478 e. The highest BCUT2D eigenvalue weighted by Crippen LogP contribution is 2.30. The van der Waals surface area contributed by atoms with Crippen molar-refractivity contribution in [3.8, 4) is 11.1 Å². The molecule has 3 heteroatoms. The molecule has 0 fully saturated rings.